The summed E-state index contributed by atoms with van der Waals surface area (Å²) in [6.07, 6.45) is 0. The van der Waals surface area contributed by atoms with Gasteiger partial charge < -0.3 is 15.0 Å². The van der Waals surface area contributed by atoms with Gasteiger partial charge in [0, 0.05) is 26.2 Å². The van der Waals surface area contributed by atoms with Gasteiger partial charge >= 0.3 is 6.03 Å². The van der Waals surface area contributed by atoms with Crippen LogP contribution in [0.25, 0.3) is 5.69 Å². The number of rotatable bonds is 5. The smallest absolute Gasteiger partial charge is 0.321 e. The second kappa shape index (κ2) is 9.23. The van der Waals surface area contributed by atoms with E-state index in [9.17, 15) is 10.1 Å². The van der Waals surface area contributed by atoms with Crippen LogP contribution in [0.4, 0.5) is 10.5 Å². The van der Waals surface area contributed by atoms with Gasteiger partial charge in [-0.25, -0.2) is 4.79 Å². The molecule has 0 saturated carbocycles. The summed E-state index contributed by atoms with van der Waals surface area (Å²) in [5.41, 5.74) is 1.82. The van der Waals surface area contributed by atoms with Crippen molar-refractivity contribution in [2.45, 2.75) is 6.54 Å². The lowest BCUT2D eigenvalue weighted by Crippen LogP contribution is -2.49. The summed E-state index contributed by atoms with van der Waals surface area (Å²) in [5, 5.41) is 24.1. The summed E-state index contributed by atoms with van der Waals surface area (Å²) in [4.78, 5) is 16.5. The largest absolute Gasteiger partial charge is 0.497 e. The van der Waals surface area contributed by atoms with E-state index < -0.39 is 0 Å². The standard InChI is InChI=1S/C21H22N8O2/c1-31-18-8-6-17(7-9-18)29-20(24-25-26-29)15-27-10-12-28(13-11-27)21(30)23-19-5-3-2-4-16(19)14-22/h2-9H,10-13,15H2,1H3,(H,23,30). The average Bonchev–Trinajstić information content (AvgIpc) is 3.28. The number of nitrogens with zero attached hydrogens (tertiary/aromatic N) is 7. The molecule has 0 spiro atoms. The second-order valence-electron chi connectivity index (χ2n) is 7.06. The Labute approximate surface area is 179 Å². The highest BCUT2D eigenvalue weighted by Crippen LogP contribution is 2.17. The highest BCUT2D eigenvalue weighted by molar-refractivity contribution is 5.90. The highest BCUT2D eigenvalue weighted by Gasteiger charge is 2.23. The van der Waals surface area contributed by atoms with Crippen LogP contribution < -0.4 is 10.1 Å². The van der Waals surface area contributed by atoms with E-state index in [2.05, 4.69) is 31.8 Å². The van der Waals surface area contributed by atoms with E-state index in [-0.39, 0.29) is 6.03 Å². The molecule has 3 aromatic rings. The van der Waals surface area contributed by atoms with E-state index in [1.54, 1.807) is 41.0 Å². The molecule has 1 aromatic heterocycles. The minimum Gasteiger partial charge on any atom is -0.497 e. The quantitative estimate of drug-likeness (QED) is 0.673. The fourth-order valence-electron chi connectivity index (χ4n) is 3.42. The van der Waals surface area contributed by atoms with Gasteiger partial charge in [0.1, 0.15) is 11.8 Å². The van der Waals surface area contributed by atoms with Crippen molar-refractivity contribution in [3.8, 4) is 17.5 Å². The number of anilines is 1. The maximum absolute atomic E-state index is 12.6. The summed E-state index contributed by atoms with van der Waals surface area (Å²) < 4.78 is 6.90. The summed E-state index contributed by atoms with van der Waals surface area (Å²) in [6, 6.07) is 16.4. The maximum atomic E-state index is 12.6. The van der Waals surface area contributed by atoms with Crippen LogP contribution in [-0.2, 0) is 6.54 Å². The Balaban J connectivity index is 1.34. The lowest BCUT2D eigenvalue weighted by Gasteiger charge is -2.34. The molecule has 4 rings (SSSR count). The van der Waals surface area contributed by atoms with Crippen LogP contribution in [-0.4, -0.2) is 69.3 Å². The first-order valence-electron chi connectivity index (χ1n) is 9.87. The van der Waals surface area contributed by atoms with Gasteiger partial charge in [-0.05, 0) is 46.8 Å². The molecule has 2 amide bonds. The molecule has 31 heavy (non-hydrogen) atoms. The van der Waals surface area contributed by atoms with Crippen LogP contribution in [0, 0.1) is 11.3 Å². The first-order chi connectivity index (χ1) is 15.2. The first kappa shape index (κ1) is 20.3. The van der Waals surface area contributed by atoms with Gasteiger partial charge in [-0.2, -0.15) is 9.94 Å². The van der Waals surface area contributed by atoms with Crippen molar-refractivity contribution < 1.29 is 9.53 Å². The predicted octanol–water partition coefficient (Wildman–Crippen LogP) is 1.89. The number of methoxy groups -OCH3 is 1. The highest BCUT2D eigenvalue weighted by atomic mass is 16.5. The molecule has 0 radical (unpaired) electrons. The first-order valence-corrected chi connectivity index (χ1v) is 9.87. The van der Waals surface area contributed by atoms with Crippen molar-refractivity contribution in [3.05, 3.63) is 59.9 Å². The zero-order valence-corrected chi connectivity index (χ0v) is 17.1. The Bertz CT molecular complexity index is 1080. The Morgan fingerprint density at radius 2 is 1.87 bits per heavy atom. The van der Waals surface area contributed by atoms with Gasteiger partial charge in [0.2, 0.25) is 0 Å². The molecule has 0 unspecified atom stereocenters. The van der Waals surface area contributed by atoms with Gasteiger partial charge in [-0.1, -0.05) is 12.1 Å². The molecular weight excluding hydrogens is 396 g/mol. The molecule has 10 heteroatoms. The molecule has 0 bridgehead atoms. The van der Waals surface area contributed by atoms with Gasteiger partial charge in [-0.3, -0.25) is 4.90 Å². The van der Waals surface area contributed by atoms with Crippen molar-refractivity contribution in [1.82, 2.24) is 30.0 Å². The third-order valence-electron chi connectivity index (χ3n) is 5.16. The molecular formula is C21H22N8O2. The number of nitrogens with one attached hydrogen (secondary N) is 1. The molecule has 0 aliphatic carbocycles. The topological polar surface area (TPSA) is 112 Å². The number of urea groups is 1. The van der Waals surface area contributed by atoms with Crippen LogP contribution in [0.1, 0.15) is 11.4 Å². The lowest BCUT2D eigenvalue weighted by molar-refractivity contribution is 0.140. The molecule has 1 aliphatic rings. The van der Waals surface area contributed by atoms with Gasteiger partial charge in [0.05, 0.1) is 30.6 Å². The number of hydrogen-bond donors (Lipinski definition) is 1. The van der Waals surface area contributed by atoms with Crippen LogP contribution in [0.15, 0.2) is 48.5 Å². The van der Waals surface area contributed by atoms with E-state index in [0.717, 1.165) is 17.3 Å². The average molecular weight is 418 g/mol. The van der Waals surface area contributed by atoms with E-state index in [1.807, 2.05) is 24.3 Å². The van der Waals surface area contributed by atoms with Crippen molar-refractivity contribution in [2.75, 3.05) is 38.6 Å². The van der Waals surface area contributed by atoms with Crippen LogP contribution in [0.3, 0.4) is 0 Å². The molecule has 1 fully saturated rings. The van der Waals surface area contributed by atoms with Crippen molar-refractivity contribution >= 4 is 11.7 Å². The number of benzene rings is 2. The maximum Gasteiger partial charge on any atom is 0.321 e. The van der Waals surface area contributed by atoms with Crippen LogP contribution >= 0.6 is 0 Å². The molecule has 1 aliphatic heterocycles. The Morgan fingerprint density at radius 3 is 2.58 bits per heavy atom. The van der Waals surface area contributed by atoms with E-state index in [1.165, 1.54) is 0 Å². The number of carbonyl (C=O) groups excluding carboxylic acids is 1. The predicted molar refractivity (Wildman–Crippen MR) is 113 cm³/mol. The fraction of sp³-hybridized carbons (Fsp3) is 0.286. The number of aromatic nitrogens is 4. The summed E-state index contributed by atoms with van der Waals surface area (Å²) >= 11 is 0. The van der Waals surface area contributed by atoms with E-state index in [0.29, 0.717) is 44.0 Å². The number of nitriles is 1. The van der Waals surface area contributed by atoms with Crippen molar-refractivity contribution in [3.63, 3.8) is 0 Å². The van der Waals surface area contributed by atoms with E-state index in [4.69, 9.17) is 4.74 Å². The molecule has 0 atom stereocenters. The number of carbonyl (C=O) groups is 1. The number of amides is 2. The monoisotopic (exact) mass is 418 g/mol. The molecule has 2 heterocycles. The zero-order valence-electron chi connectivity index (χ0n) is 17.1. The minimum atomic E-state index is -0.203. The van der Waals surface area contributed by atoms with Gasteiger partial charge in [0.25, 0.3) is 0 Å². The Hall–Kier alpha value is -3.97. The van der Waals surface area contributed by atoms with Crippen molar-refractivity contribution in [2.24, 2.45) is 0 Å². The molecule has 1 saturated heterocycles. The molecule has 158 valence electrons. The number of ether oxygens (including phenoxy) is 1. The SMILES string of the molecule is COc1ccc(-n2nnnc2CN2CCN(C(=O)Nc3ccccc3C#N)CC2)cc1. The van der Waals surface area contributed by atoms with Crippen LogP contribution in [0.2, 0.25) is 0 Å². The molecule has 2 aromatic carbocycles. The summed E-state index contributed by atoms with van der Waals surface area (Å²) in [6.45, 7) is 3.12. The normalized spacial score (nSPS) is 14.1. The van der Waals surface area contributed by atoms with Gasteiger partial charge in [0.15, 0.2) is 5.82 Å². The number of tetrazole rings is 1. The zero-order chi connectivity index (χ0) is 21.6. The molecule has 10 nitrogen and oxygen atoms in total. The van der Waals surface area contributed by atoms with Gasteiger partial charge in [-0.15, -0.1) is 5.10 Å². The minimum absolute atomic E-state index is 0.203. The summed E-state index contributed by atoms with van der Waals surface area (Å²) in [7, 11) is 1.62. The third-order valence-corrected chi connectivity index (χ3v) is 5.16. The Kier molecular flexibility index (Phi) is 6.05. The number of piperazine rings is 1. The third kappa shape index (κ3) is 4.62. The lowest BCUT2D eigenvalue weighted by atomic mass is 10.2. The van der Waals surface area contributed by atoms with E-state index >= 15 is 0 Å². The van der Waals surface area contributed by atoms with Crippen LogP contribution in [0.5, 0.6) is 5.75 Å². The molecule has 1 N–H and O–H groups in total. The van der Waals surface area contributed by atoms with Crippen molar-refractivity contribution in [1.29, 1.82) is 5.26 Å². The number of hydrogen-bond acceptors (Lipinski definition) is 7. The number of para-hydroxylation sites is 1. The fourth-order valence-corrected chi connectivity index (χ4v) is 3.42. The second-order valence-corrected chi connectivity index (χ2v) is 7.06. The summed E-state index contributed by atoms with van der Waals surface area (Å²) in [5.74, 6) is 1.50. The Morgan fingerprint density at radius 1 is 1.13 bits per heavy atom.